The maximum absolute atomic E-state index is 12.2. The monoisotopic (exact) mass is 392 g/mol. The molecule has 0 spiro atoms. The van der Waals surface area contributed by atoms with Gasteiger partial charge in [-0.1, -0.05) is 53.7 Å². The summed E-state index contributed by atoms with van der Waals surface area (Å²) in [6.45, 7) is 2.76. The lowest BCUT2D eigenvalue weighted by atomic mass is 10.0. The third-order valence-corrected chi connectivity index (χ3v) is 4.91. The second-order valence-corrected chi connectivity index (χ2v) is 7.18. The summed E-state index contributed by atoms with van der Waals surface area (Å²) < 4.78 is 16.3. The number of benzene rings is 2. The lowest BCUT2D eigenvalue weighted by molar-refractivity contribution is 0.0877. The van der Waals surface area contributed by atoms with Gasteiger partial charge < -0.3 is 19.3 Å². The number of carbonyl (C=O) groups excluding carboxylic acids is 1. The molecule has 3 aromatic rings. The quantitative estimate of drug-likeness (QED) is 0.631. The zero-order chi connectivity index (χ0) is 19.9. The fourth-order valence-electron chi connectivity index (χ4n) is 3.30. The van der Waals surface area contributed by atoms with Crippen LogP contribution < -0.4 is 5.32 Å². The summed E-state index contributed by atoms with van der Waals surface area (Å²) in [5.74, 6) is 0.668. The molecule has 2 aromatic carbocycles. The second-order valence-electron chi connectivity index (χ2n) is 7.18. The molecule has 2 heterocycles. The highest BCUT2D eigenvalue weighted by atomic mass is 16.5. The Bertz CT molecular complexity index is 933. The van der Waals surface area contributed by atoms with E-state index < -0.39 is 0 Å². The van der Waals surface area contributed by atoms with E-state index in [1.165, 1.54) is 5.56 Å². The average Bonchev–Trinajstić information content (AvgIpc) is 3.45. The fraction of sp³-hybridized carbons (Fsp3) is 0.304. The van der Waals surface area contributed by atoms with Crippen LogP contribution in [0.25, 0.3) is 11.1 Å². The van der Waals surface area contributed by atoms with Crippen LogP contribution in [-0.4, -0.2) is 30.8 Å². The predicted octanol–water partition coefficient (Wildman–Crippen LogP) is 3.82. The van der Waals surface area contributed by atoms with Gasteiger partial charge in [0.05, 0.1) is 13.2 Å². The maximum Gasteiger partial charge on any atom is 0.273 e. The number of rotatable bonds is 8. The van der Waals surface area contributed by atoms with Gasteiger partial charge in [-0.2, -0.15) is 0 Å². The van der Waals surface area contributed by atoms with Crippen molar-refractivity contribution in [3.63, 3.8) is 0 Å². The lowest BCUT2D eigenvalue weighted by Crippen LogP contribution is -2.29. The molecule has 6 nitrogen and oxygen atoms in total. The Morgan fingerprint density at radius 2 is 1.93 bits per heavy atom. The van der Waals surface area contributed by atoms with Crippen molar-refractivity contribution < 1.29 is 18.8 Å². The van der Waals surface area contributed by atoms with Crippen molar-refractivity contribution in [3.8, 4) is 11.1 Å². The Kier molecular flexibility index (Phi) is 6.34. The minimum Gasteiger partial charge on any atom is -0.381 e. The van der Waals surface area contributed by atoms with E-state index >= 15 is 0 Å². The third-order valence-electron chi connectivity index (χ3n) is 4.91. The Morgan fingerprint density at radius 3 is 2.76 bits per heavy atom. The first kappa shape index (κ1) is 19.4. The van der Waals surface area contributed by atoms with Crippen molar-refractivity contribution in [3.05, 3.63) is 77.7 Å². The van der Waals surface area contributed by atoms with E-state index in [1.54, 1.807) is 6.07 Å². The second kappa shape index (κ2) is 9.49. The molecular weight excluding hydrogens is 368 g/mol. The van der Waals surface area contributed by atoms with Crippen molar-refractivity contribution in [2.75, 3.05) is 19.8 Å². The largest absolute Gasteiger partial charge is 0.381 e. The first-order valence-electron chi connectivity index (χ1n) is 9.81. The van der Waals surface area contributed by atoms with E-state index in [2.05, 4.69) is 34.7 Å². The highest BCUT2D eigenvalue weighted by Gasteiger charge is 2.18. The van der Waals surface area contributed by atoms with E-state index in [4.69, 9.17) is 14.0 Å². The molecule has 1 N–H and O–H groups in total. The van der Waals surface area contributed by atoms with Crippen LogP contribution in [0, 0.1) is 5.92 Å². The zero-order valence-electron chi connectivity index (χ0n) is 16.2. The molecule has 4 rings (SSSR count). The van der Waals surface area contributed by atoms with Gasteiger partial charge in [-0.15, -0.1) is 0 Å². The highest BCUT2D eigenvalue weighted by Crippen LogP contribution is 2.20. The molecule has 1 aliphatic heterocycles. The van der Waals surface area contributed by atoms with Gasteiger partial charge in [-0.3, -0.25) is 4.79 Å². The molecule has 1 saturated heterocycles. The molecule has 1 aromatic heterocycles. The average molecular weight is 392 g/mol. The Morgan fingerprint density at radius 1 is 1.07 bits per heavy atom. The van der Waals surface area contributed by atoms with Crippen LogP contribution in [0.5, 0.6) is 0 Å². The Hall–Kier alpha value is -2.96. The normalized spacial score (nSPS) is 16.1. The van der Waals surface area contributed by atoms with Gasteiger partial charge in [0, 0.05) is 25.1 Å². The minimum atomic E-state index is -0.234. The fourth-order valence-corrected chi connectivity index (χ4v) is 3.30. The number of nitrogens with zero attached hydrogens (tertiary/aromatic N) is 1. The summed E-state index contributed by atoms with van der Waals surface area (Å²) in [5.41, 5.74) is 3.67. The van der Waals surface area contributed by atoms with Gasteiger partial charge >= 0.3 is 0 Å². The van der Waals surface area contributed by atoms with Crippen molar-refractivity contribution in [2.24, 2.45) is 5.92 Å². The van der Waals surface area contributed by atoms with Crippen LogP contribution in [0.4, 0.5) is 0 Å². The first-order valence-corrected chi connectivity index (χ1v) is 9.81. The molecule has 1 fully saturated rings. The summed E-state index contributed by atoms with van der Waals surface area (Å²) in [7, 11) is 0. The summed E-state index contributed by atoms with van der Waals surface area (Å²) in [4.78, 5) is 12.2. The summed E-state index contributed by atoms with van der Waals surface area (Å²) in [6.07, 6.45) is 0.976. The third kappa shape index (κ3) is 5.31. The van der Waals surface area contributed by atoms with Crippen LogP contribution >= 0.6 is 0 Å². The van der Waals surface area contributed by atoms with Crippen molar-refractivity contribution in [1.29, 1.82) is 0 Å². The topological polar surface area (TPSA) is 73.6 Å². The van der Waals surface area contributed by atoms with E-state index in [9.17, 15) is 4.79 Å². The zero-order valence-corrected chi connectivity index (χ0v) is 16.2. The molecule has 0 aliphatic carbocycles. The van der Waals surface area contributed by atoms with Gasteiger partial charge in [-0.05, 0) is 29.2 Å². The van der Waals surface area contributed by atoms with Gasteiger partial charge in [0.15, 0.2) is 11.5 Å². The summed E-state index contributed by atoms with van der Waals surface area (Å²) >= 11 is 0. The van der Waals surface area contributed by atoms with Crippen molar-refractivity contribution in [2.45, 2.75) is 19.6 Å². The van der Waals surface area contributed by atoms with E-state index in [0.717, 1.165) is 24.2 Å². The Balaban J connectivity index is 1.26. The molecule has 0 bridgehead atoms. The number of ether oxygens (including phenoxy) is 2. The predicted molar refractivity (Wildman–Crippen MR) is 108 cm³/mol. The van der Waals surface area contributed by atoms with Crippen LogP contribution in [0.15, 0.2) is 65.2 Å². The number of carbonyl (C=O) groups is 1. The van der Waals surface area contributed by atoms with Gasteiger partial charge in [0.1, 0.15) is 6.61 Å². The molecule has 0 saturated carbocycles. The van der Waals surface area contributed by atoms with Crippen LogP contribution in [0.3, 0.4) is 0 Å². The van der Waals surface area contributed by atoms with Gasteiger partial charge in [0.25, 0.3) is 5.91 Å². The number of aromatic nitrogens is 1. The first-order chi connectivity index (χ1) is 14.3. The van der Waals surface area contributed by atoms with Crippen LogP contribution in [0.1, 0.15) is 28.2 Å². The lowest BCUT2D eigenvalue weighted by Gasteiger charge is -2.07. The summed E-state index contributed by atoms with van der Waals surface area (Å²) in [5, 5.41) is 6.72. The van der Waals surface area contributed by atoms with Crippen LogP contribution in [0.2, 0.25) is 0 Å². The van der Waals surface area contributed by atoms with E-state index in [0.29, 0.717) is 31.4 Å². The van der Waals surface area contributed by atoms with Crippen molar-refractivity contribution in [1.82, 2.24) is 10.5 Å². The molecule has 1 amide bonds. The van der Waals surface area contributed by atoms with Gasteiger partial charge in [-0.25, -0.2) is 0 Å². The standard InChI is InChI=1S/C23H24N2O4/c26-23(24-13-18-9-10-27-15-18)22-12-21(29-25-22)16-28-14-17-5-4-8-20(11-17)19-6-2-1-3-7-19/h1-8,11-12,18H,9-10,13-16H2,(H,24,26). The smallest absolute Gasteiger partial charge is 0.273 e. The molecular formula is C23H24N2O4. The number of amides is 1. The SMILES string of the molecule is O=C(NCC1CCOC1)c1cc(COCc2cccc(-c3ccccc3)c2)on1. The molecule has 1 atom stereocenters. The molecule has 1 aliphatic rings. The molecule has 150 valence electrons. The molecule has 1 unspecified atom stereocenters. The number of hydrogen-bond acceptors (Lipinski definition) is 5. The summed E-state index contributed by atoms with van der Waals surface area (Å²) in [6, 6.07) is 20.1. The molecule has 0 radical (unpaired) electrons. The maximum atomic E-state index is 12.2. The number of nitrogens with one attached hydrogen (secondary N) is 1. The van der Waals surface area contributed by atoms with E-state index in [-0.39, 0.29) is 18.2 Å². The van der Waals surface area contributed by atoms with Crippen molar-refractivity contribution >= 4 is 5.91 Å². The molecule has 29 heavy (non-hydrogen) atoms. The minimum absolute atomic E-state index is 0.234. The van der Waals surface area contributed by atoms with Gasteiger partial charge in [0.2, 0.25) is 0 Å². The molecule has 6 heteroatoms. The number of hydrogen-bond donors (Lipinski definition) is 1. The Labute approximate surface area is 169 Å². The highest BCUT2D eigenvalue weighted by molar-refractivity contribution is 5.92. The van der Waals surface area contributed by atoms with Crippen LogP contribution in [-0.2, 0) is 22.7 Å². The van der Waals surface area contributed by atoms with E-state index in [1.807, 2.05) is 30.3 Å².